The van der Waals surface area contributed by atoms with Crippen LogP contribution in [0.2, 0.25) is 0 Å². The van der Waals surface area contributed by atoms with Crippen LogP contribution in [0.3, 0.4) is 0 Å². The first kappa shape index (κ1) is 14.1. The van der Waals surface area contributed by atoms with Gasteiger partial charge in [-0.1, -0.05) is 12.1 Å². The van der Waals surface area contributed by atoms with Crippen molar-refractivity contribution < 1.29 is 22.7 Å². The summed E-state index contributed by atoms with van der Waals surface area (Å²) >= 11 is 0. The number of aliphatic hydroxyl groups excluding tert-OH is 1. The molecule has 19 heavy (non-hydrogen) atoms. The van der Waals surface area contributed by atoms with Crippen molar-refractivity contribution in [2.75, 3.05) is 0 Å². The molecule has 0 saturated carbocycles. The van der Waals surface area contributed by atoms with Gasteiger partial charge in [0.15, 0.2) is 0 Å². The van der Waals surface area contributed by atoms with Crippen molar-refractivity contribution in [3.63, 3.8) is 0 Å². The minimum Gasteiger partial charge on any atom is -0.384 e. The molecule has 0 radical (unpaired) electrons. The number of rotatable bonds is 2. The van der Waals surface area contributed by atoms with Crippen molar-refractivity contribution in [3.8, 4) is 0 Å². The largest absolute Gasteiger partial charge is 0.419 e. The van der Waals surface area contributed by atoms with E-state index in [9.17, 15) is 22.7 Å². The second kappa shape index (κ2) is 5.33. The van der Waals surface area contributed by atoms with Crippen LogP contribution in [-0.2, 0) is 6.18 Å². The molecule has 2 rings (SSSR count). The van der Waals surface area contributed by atoms with Crippen LogP contribution >= 0.6 is 0 Å². The average molecular weight is 274 g/mol. The highest BCUT2D eigenvalue weighted by Crippen LogP contribution is 2.35. The van der Waals surface area contributed by atoms with Crippen LogP contribution in [0.1, 0.15) is 42.9 Å². The number of alkyl halides is 3. The Morgan fingerprint density at radius 1 is 1.16 bits per heavy atom. The second-order valence-corrected chi connectivity index (χ2v) is 4.66. The van der Waals surface area contributed by atoms with E-state index in [0.717, 1.165) is 25.3 Å². The molecule has 1 aromatic carbocycles. The van der Waals surface area contributed by atoms with Crippen LogP contribution in [0.15, 0.2) is 29.8 Å². The number of hydrogen-bond donors (Lipinski definition) is 1. The molecule has 1 aromatic rings. The van der Waals surface area contributed by atoms with Gasteiger partial charge in [0, 0.05) is 0 Å². The normalized spacial score (nSPS) is 18.1. The monoisotopic (exact) mass is 274 g/mol. The lowest BCUT2D eigenvalue weighted by atomic mass is 9.91. The van der Waals surface area contributed by atoms with Gasteiger partial charge in [-0.15, -0.1) is 0 Å². The quantitative estimate of drug-likeness (QED) is 0.627. The third-order valence-corrected chi connectivity index (χ3v) is 3.29. The van der Waals surface area contributed by atoms with Crippen LogP contribution in [-0.4, -0.2) is 5.11 Å². The zero-order valence-corrected chi connectivity index (χ0v) is 10.2. The van der Waals surface area contributed by atoms with Gasteiger partial charge >= 0.3 is 6.18 Å². The summed E-state index contributed by atoms with van der Waals surface area (Å²) in [5.74, 6) is -1.32. The molecule has 1 N–H and O–H groups in total. The first-order chi connectivity index (χ1) is 8.89. The van der Waals surface area contributed by atoms with E-state index in [-0.39, 0.29) is 5.56 Å². The summed E-state index contributed by atoms with van der Waals surface area (Å²) in [6.07, 6.45) is -0.559. The fraction of sp³-hybridized carbons (Fsp3) is 0.429. The van der Waals surface area contributed by atoms with Crippen LogP contribution in [0, 0.1) is 5.82 Å². The molecule has 1 nitrogen and oxygen atoms in total. The number of aliphatic hydroxyl groups is 1. The molecular weight excluding hydrogens is 260 g/mol. The van der Waals surface area contributed by atoms with Gasteiger partial charge in [0.2, 0.25) is 0 Å². The lowest BCUT2D eigenvalue weighted by Gasteiger charge is -2.20. The Hall–Kier alpha value is -1.36. The number of benzene rings is 1. The molecule has 0 saturated heterocycles. The van der Waals surface area contributed by atoms with Crippen molar-refractivity contribution in [2.45, 2.75) is 38.0 Å². The van der Waals surface area contributed by atoms with Crippen LogP contribution in [0.4, 0.5) is 17.6 Å². The summed E-state index contributed by atoms with van der Waals surface area (Å²) in [5.41, 5.74) is -0.534. The molecule has 1 atom stereocenters. The Labute approximate surface area is 108 Å². The minimum absolute atomic E-state index is 0.0851. The summed E-state index contributed by atoms with van der Waals surface area (Å²) in [5, 5.41) is 10.1. The molecule has 0 heterocycles. The zero-order valence-electron chi connectivity index (χ0n) is 10.2. The Balaban J connectivity index is 2.33. The van der Waals surface area contributed by atoms with E-state index in [1.165, 1.54) is 6.07 Å². The van der Waals surface area contributed by atoms with Gasteiger partial charge in [0.25, 0.3) is 0 Å². The summed E-state index contributed by atoms with van der Waals surface area (Å²) in [6, 6.07) is 2.64. The molecular formula is C14H14F4O. The van der Waals surface area contributed by atoms with Crippen LogP contribution in [0.25, 0.3) is 0 Å². The molecule has 1 unspecified atom stereocenters. The summed E-state index contributed by atoms with van der Waals surface area (Å²) < 4.78 is 50.9. The molecule has 104 valence electrons. The van der Waals surface area contributed by atoms with Gasteiger partial charge in [-0.2, -0.15) is 13.2 Å². The van der Waals surface area contributed by atoms with Crippen molar-refractivity contribution in [2.24, 2.45) is 0 Å². The topological polar surface area (TPSA) is 20.2 Å². The first-order valence-corrected chi connectivity index (χ1v) is 6.13. The van der Waals surface area contributed by atoms with Crippen molar-refractivity contribution in [3.05, 3.63) is 46.8 Å². The number of allylic oxidation sites excluding steroid dienone is 1. The van der Waals surface area contributed by atoms with Gasteiger partial charge in [-0.05, 0) is 49.0 Å². The highest BCUT2D eigenvalue weighted by molar-refractivity contribution is 5.33. The SMILES string of the molecule is OC(C1=CCCCC1)c1ccc(F)c(C(F)(F)F)c1. The zero-order chi connectivity index (χ0) is 14.0. The highest BCUT2D eigenvalue weighted by Gasteiger charge is 2.34. The molecule has 0 fully saturated rings. The molecule has 1 aliphatic carbocycles. The standard InChI is InChI=1S/C14H14F4O/c15-12-7-6-10(8-11(12)14(16,17)18)13(19)9-4-2-1-3-5-9/h4,6-8,13,19H,1-3,5H2. The average Bonchev–Trinajstić information content (AvgIpc) is 2.38. The second-order valence-electron chi connectivity index (χ2n) is 4.66. The maximum Gasteiger partial charge on any atom is 0.419 e. The molecule has 1 aliphatic rings. The van der Waals surface area contributed by atoms with Gasteiger partial charge in [-0.3, -0.25) is 0 Å². The van der Waals surface area contributed by atoms with E-state index in [0.29, 0.717) is 18.1 Å². The predicted molar refractivity (Wildman–Crippen MR) is 62.9 cm³/mol. The van der Waals surface area contributed by atoms with E-state index >= 15 is 0 Å². The van der Waals surface area contributed by atoms with E-state index in [2.05, 4.69) is 0 Å². The van der Waals surface area contributed by atoms with Gasteiger partial charge in [0.05, 0.1) is 5.56 Å². The molecule has 0 spiro atoms. The Bertz CT molecular complexity index is 491. The smallest absolute Gasteiger partial charge is 0.384 e. The van der Waals surface area contributed by atoms with Crippen LogP contribution in [0.5, 0.6) is 0 Å². The number of halogens is 4. The van der Waals surface area contributed by atoms with Gasteiger partial charge in [-0.25, -0.2) is 4.39 Å². The maximum absolute atomic E-state index is 13.2. The Kier molecular flexibility index (Phi) is 3.94. The van der Waals surface area contributed by atoms with Crippen molar-refractivity contribution in [1.29, 1.82) is 0 Å². The lowest BCUT2D eigenvalue weighted by Crippen LogP contribution is -2.11. The van der Waals surface area contributed by atoms with Gasteiger partial charge in [0.1, 0.15) is 11.9 Å². The third kappa shape index (κ3) is 3.15. The minimum atomic E-state index is -4.75. The lowest BCUT2D eigenvalue weighted by molar-refractivity contribution is -0.140. The Morgan fingerprint density at radius 2 is 1.89 bits per heavy atom. The molecule has 0 aliphatic heterocycles. The first-order valence-electron chi connectivity index (χ1n) is 6.13. The predicted octanol–water partition coefficient (Wildman–Crippen LogP) is 4.38. The fourth-order valence-electron chi connectivity index (χ4n) is 2.26. The van der Waals surface area contributed by atoms with E-state index < -0.39 is 23.7 Å². The summed E-state index contributed by atoms with van der Waals surface area (Å²) in [6.45, 7) is 0. The summed E-state index contributed by atoms with van der Waals surface area (Å²) in [4.78, 5) is 0. The summed E-state index contributed by atoms with van der Waals surface area (Å²) in [7, 11) is 0. The fourth-order valence-corrected chi connectivity index (χ4v) is 2.26. The molecule has 5 heteroatoms. The maximum atomic E-state index is 13.2. The Morgan fingerprint density at radius 3 is 2.47 bits per heavy atom. The molecule has 0 amide bonds. The highest BCUT2D eigenvalue weighted by atomic mass is 19.4. The van der Waals surface area contributed by atoms with E-state index in [4.69, 9.17) is 0 Å². The van der Waals surface area contributed by atoms with Crippen molar-refractivity contribution >= 4 is 0 Å². The third-order valence-electron chi connectivity index (χ3n) is 3.29. The van der Waals surface area contributed by atoms with Crippen LogP contribution < -0.4 is 0 Å². The van der Waals surface area contributed by atoms with E-state index in [1.54, 1.807) is 0 Å². The van der Waals surface area contributed by atoms with Crippen molar-refractivity contribution in [1.82, 2.24) is 0 Å². The molecule has 0 bridgehead atoms. The number of hydrogen-bond acceptors (Lipinski definition) is 1. The van der Waals surface area contributed by atoms with Gasteiger partial charge < -0.3 is 5.11 Å². The van der Waals surface area contributed by atoms with E-state index in [1.807, 2.05) is 6.08 Å². The molecule has 0 aromatic heterocycles.